The summed E-state index contributed by atoms with van der Waals surface area (Å²) in [6, 6.07) is 18.5. The van der Waals surface area contributed by atoms with Crippen molar-refractivity contribution < 1.29 is 23.8 Å². The van der Waals surface area contributed by atoms with Crippen molar-refractivity contribution in [3.05, 3.63) is 72.4 Å². The minimum atomic E-state index is -0.366. The average Bonchev–Trinajstić information content (AvgIpc) is 3.03. The molecule has 1 fully saturated rings. The topological polar surface area (TPSA) is 114 Å². The number of hydrogen-bond donors (Lipinski definition) is 3. The number of aromatic nitrogens is 1. The molecular weight excluding hydrogens is 546 g/mol. The number of anilines is 3. The number of aryl methyl sites for hydroxylation is 1. The van der Waals surface area contributed by atoms with Crippen LogP contribution < -0.4 is 30.2 Å². The number of nitrogens with one attached hydrogen (secondary N) is 3. The van der Waals surface area contributed by atoms with Crippen LogP contribution >= 0.6 is 0 Å². The number of rotatable bonds is 9. The van der Waals surface area contributed by atoms with E-state index in [9.17, 15) is 9.59 Å². The van der Waals surface area contributed by atoms with E-state index in [1.165, 1.54) is 0 Å². The van der Waals surface area contributed by atoms with E-state index in [2.05, 4.69) is 20.9 Å². The van der Waals surface area contributed by atoms with Gasteiger partial charge in [-0.15, -0.1) is 0 Å². The van der Waals surface area contributed by atoms with E-state index in [0.29, 0.717) is 52.4 Å². The number of amides is 3. The smallest absolute Gasteiger partial charge is 0.323 e. The van der Waals surface area contributed by atoms with Crippen molar-refractivity contribution in [1.82, 2.24) is 9.88 Å². The van der Waals surface area contributed by atoms with E-state index in [1.54, 1.807) is 38.6 Å². The lowest BCUT2D eigenvalue weighted by atomic mass is 10.0. The molecule has 0 bridgehead atoms. The highest BCUT2D eigenvalue weighted by atomic mass is 16.5. The number of methoxy groups -OCH3 is 2. The molecule has 0 radical (unpaired) electrons. The van der Waals surface area contributed by atoms with Crippen molar-refractivity contribution >= 4 is 39.9 Å². The van der Waals surface area contributed by atoms with Crippen molar-refractivity contribution in [2.45, 2.75) is 39.2 Å². The zero-order chi connectivity index (χ0) is 30.3. The Bertz CT molecular complexity index is 1600. The Morgan fingerprint density at radius 3 is 2.19 bits per heavy atom. The summed E-state index contributed by atoms with van der Waals surface area (Å²) in [6.45, 7) is 5.39. The van der Waals surface area contributed by atoms with E-state index in [0.717, 1.165) is 42.6 Å². The molecule has 5 rings (SSSR count). The Morgan fingerprint density at radius 1 is 0.837 bits per heavy atom. The molecule has 3 amide bonds. The molecule has 1 aliphatic heterocycles. The maximum absolute atomic E-state index is 12.8. The van der Waals surface area contributed by atoms with E-state index in [1.807, 2.05) is 61.2 Å². The third kappa shape index (κ3) is 7.09. The van der Waals surface area contributed by atoms with Gasteiger partial charge in [-0.2, -0.15) is 0 Å². The molecule has 1 saturated heterocycles. The van der Waals surface area contributed by atoms with Crippen LogP contribution in [-0.4, -0.2) is 55.2 Å². The van der Waals surface area contributed by atoms with E-state index >= 15 is 0 Å². The van der Waals surface area contributed by atoms with Crippen LogP contribution in [0.15, 0.2) is 66.9 Å². The highest BCUT2D eigenvalue weighted by molar-refractivity contribution is 6.00. The van der Waals surface area contributed by atoms with Crippen molar-refractivity contribution in [1.29, 1.82) is 0 Å². The number of likely N-dealkylation sites (tertiary alicyclic amines) is 1. The number of fused-ring (bicyclic) bond motifs is 1. The summed E-state index contributed by atoms with van der Waals surface area (Å²) in [5.74, 6) is 2.57. The number of hydrogen-bond acceptors (Lipinski definition) is 7. The molecule has 0 saturated carbocycles. The molecule has 43 heavy (non-hydrogen) atoms. The van der Waals surface area contributed by atoms with Gasteiger partial charge in [0.2, 0.25) is 5.91 Å². The Kier molecular flexibility index (Phi) is 9.14. The summed E-state index contributed by atoms with van der Waals surface area (Å²) in [4.78, 5) is 31.1. The molecule has 0 atom stereocenters. The van der Waals surface area contributed by atoms with Crippen molar-refractivity contribution in [3.8, 4) is 23.0 Å². The van der Waals surface area contributed by atoms with E-state index < -0.39 is 0 Å². The lowest BCUT2D eigenvalue weighted by Gasteiger charge is -2.32. The fraction of sp³-hybridized carbons (Fsp3) is 0.303. The molecule has 3 aromatic carbocycles. The first kappa shape index (κ1) is 29.5. The molecule has 10 heteroatoms. The normalized spacial score (nSPS) is 13.3. The van der Waals surface area contributed by atoms with Gasteiger partial charge >= 0.3 is 6.03 Å². The molecular formula is C33H37N5O5. The Hall–Kier alpha value is -4.99. The quantitative estimate of drug-likeness (QED) is 0.198. The molecule has 3 N–H and O–H groups in total. The third-order valence-electron chi connectivity index (χ3n) is 7.54. The second-order valence-corrected chi connectivity index (χ2v) is 10.4. The van der Waals surface area contributed by atoms with Crippen LogP contribution in [0.3, 0.4) is 0 Å². The molecule has 2 heterocycles. The number of pyridine rings is 1. The van der Waals surface area contributed by atoms with E-state index in [-0.39, 0.29) is 11.9 Å². The second-order valence-electron chi connectivity index (χ2n) is 10.4. The summed E-state index contributed by atoms with van der Waals surface area (Å²) in [5, 5.41) is 10.1. The van der Waals surface area contributed by atoms with Crippen LogP contribution in [0.4, 0.5) is 21.9 Å². The Balaban J connectivity index is 1.20. The van der Waals surface area contributed by atoms with Crippen molar-refractivity contribution in [2.24, 2.45) is 0 Å². The molecule has 10 nitrogen and oxygen atoms in total. The monoisotopic (exact) mass is 583 g/mol. The van der Waals surface area contributed by atoms with Gasteiger partial charge in [-0.05, 0) is 67.8 Å². The summed E-state index contributed by atoms with van der Waals surface area (Å²) in [5.41, 5.74) is 3.84. The maximum Gasteiger partial charge on any atom is 0.323 e. The predicted molar refractivity (Wildman–Crippen MR) is 169 cm³/mol. The Labute approximate surface area is 251 Å². The minimum absolute atomic E-state index is 0.214. The molecule has 0 aliphatic carbocycles. The molecule has 1 aromatic heterocycles. The third-order valence-corrected chi connectivity index (χ3v) is 7.54. The number of urea groups is 1. The van der Waals surface area contributed by atoms with Crippen molar-refractivity contribution in [3.63, 3.8) is 0 Å². The zero-order valence-electron chi connectivity index (χ0n) is 24.9. The van der Waals surface area contributed by atoms with Gasteiger partial charge in [0, 0.05) is 66.3 Å². The number of ether oxygens (including phenoxy) is 3. The van der Waals surface area contributed by atoms with Crippen LogP contribution in [0.25, 0.3) is 10.9 Å². The first-order valence-corrected chi connectivity index (χ1v) is 14.4. The van der Waals surface area contributed by atoms with E-state index in [4.69, 9.17) is 14.2 Å². The van der Waals surface area contributed by atoms with Gasteiger partial charge in [0.1, 0.15) is 11.5 Å². The first-order valence-electron chi connectivity index (χ1n) is 14.4. The Morgan fingerprint density at radius 2 is 1.49 bits per heavy atom. The van der Waals surface area contributed by atoms with Crippen LogP contribution in [0, 0.1) is 6.92 Å². The number of carbonyl (C=O) groups excluding carboxylic acids is 2. The standard InChI is InChI=1S/C33H37N5O5/c1-5-32(39)38-16-13-24(14-17-38)35-22-8-10-23(11-9-22)36-33(40)37-25-7-6-21(2)29(18-25)43-28-12-15-34-27-20-31(42-4)30(41-3)19-26(27)28/h6-12,15,18-20,24,35H,5,13-14,16-17H2,1-4H3,(H2,36,37,40). The summed E-state index contributed by atoms with van der Waals surface area (Å²) >= 11 is 0. The van der Waals surface area contributed by atoms with Crippen molar-refractivity contribution in [2.75, 3.05) is 43.3 Å². The molecule has 4 aromatic rings. The summed E-state index contributed by atoms with van der Waals surface area (Å²) in [7, 11) is 3.16. The lowest BCUT2D eigenvalue weighted by Crippen LogP contribution is -2.42. The van der Waals surface area contributed by atoms with Gasteiger partial charge in [-0.25, -0.2) is 4.79 Å². The van der Waals surface area contributed by atoms with Crippen LogP contribution in [0.2, 0.25) is 0 Å². The molecule has 224 valence electrons. The molecule has 0 spiro atoms. The summed E-state index contributed by atoms with van der Waals surface area (Å²) in [6.07, 6.45) is 4.05. The van der Waals surface area contributed by atoms with Gasteiger partial charge in [0.05, 0.1) is 19.7 Å². The number of benzene rings is 3. The zero-order valence-corrected chi connectivity index (χ0v) is 24.9. The predicted octanol–water partition coefficient (Wildman–Crippen LogP) is 6.81. The van der Waals surface area contributed by atoms with Gasteiger partial charge in [-0.1, -0.05) is 13.0 Å². The molecule has 0 unspecified atom stereocenters. The van der Waals surface area contributed by atoms with Crippen LogP contribution in [0.1, 0.15) is 31.7 Å². The molecule has 1 aliphatic rings. The maximum atomic E-state index is 12.8. The lowest BCUT2D eigenvalue weighted by molar-refractivity contribution is -0.131. The van der Waals surface area contributed by atoms with Gasteiger partial charge in [0.25, 0.3) is 0 Å². The van der Waals surface area contributed by atoms with Gasteiger partial charge < -0.3 is 35.1 Å². The number of carbonyl (C=O) groups is 2. The fourth-order valence-corrected chi connectivity index (χ4v) is 5.12. The largest absolute Gasteiger partial charge is 0.493 e. The SMILES string of the molecule is CCC(=O)N1CCC(Nc2ccc(NC(=O)Nc3ccc(C)c(Oc4ccnc5cc(OC)c(OC)cc45)c3)cc2)CC1. The first-order chi connectivity index (χ1) is 20.9. The summed E-state index contributed by atoms with van der Waals surface area (Å²) < 4.78 is 17.2. The second kappa shape index (κ2) is 13.3. The number of piperidine rings is 1. The van der Waals surface area contributed by atoms with Crippen LogP contribution in [0.5, 0.6) is 23.0 Å². The highest BCUT2D eigenvalue weighted by Crippen LogP contribution is 2.38. The average molecular weight is 584 g/mol. The van der Waals surface area contributed by atoms with Gasteiger partial charge in [-0.3, -0.25) is 9.78 Å². The minimum Gasteiger partial charge on any atom is -0.493 e. The number of nitrogens with zero attached hydrogens (tertiary/aromatic N) is 2. The fourth-order valence-electron chi connectivity index (χ4n) is 5.12. The highest BCUT2D eigenvalue weighted by Gasteiger charge is 2.21. The van der Waals surface area contributed by atoms with Gasteiger partial charge in [0.15, 0.2) is 11.5 Å². The van der Waals surface area contributed by atoms with Crippen LogP contribution in [-0.2, 0) is 4.79 Å².